The Morgan fingerprint density at radius 2 is 1.64 bits per heavy atom. The highest BCUT2D eigenvalue weighted by atomic mass is 16.5. The molecule has 0 spiro atoms. The number of rotatable bonds is 9. The average Bonchev–Trinajstić information content (AvgIpc) is 2.63. The Kier molecular flexibility index (Phi) is 8.84. The van der Waals surface area contributed by atoms with Crippen molar-refractivity contribution in [3.05, 3.63) is 28.8 Å². The van der Waals surface area contributed by atoms with Crippen LogP contribution in [0.2, 0.25) is 0 Å². The standard InChI is InChI=1S/C20H32O8/c1-11-7-12(8-13(17(11)25)20(2,3)4)5-6-16(24)28-10-15(23)19(27)18(26)14(22)9-21/h7-8,14-15,18-19,21-23,25-27H,5-6,9-10H2,1-4H3. The first-order valence-electron chi connectivity index (χ1n) is 9.20. The van der Waals surface area contributed by atoms with Crippen LogP contribution in [-0.2, 0) is 21.4 Å². The van der Waals surface area contributed by atoms with Crippen LogP contribution in [-0.4, -0.2) is 74.2 Å². The molecule has 0 saturated heterocycles. The van der Waals surface area contributed by atoms with Crippen LogP contribution in [0.25, 0.3) is 0 Å². The quantitative estimate of drug-likeness (QED) is 0.315. The van der Waals surface area contributed by atoms with Gasteiger partial charge in [-0.2, -0.15) is 0 Å². The van der Waals surface area contributed by atoms with Crippen molar-refractivity contribution in [2.75, 3.05) is 13.2 Å². The number of aromatic hydroxyl groups is 1. The number of phenolic OH excluding ortho intramolecular Hbond substituents is 1. The second kappa shape index (κ2) is 10.2. The van der Waals surface area contributed by atoms with Crippen molar-refractivity contribution in [2.24, 2.45) is 0 Å². The number of hydrogen-bond acceptors (Lipinski definition) is 8. The number of carbonyl (C=O) groups excluding carboxylic acids is 1. The summed E-state index contributed by atoms with van der Waals surface area (Å²) in [6.07, 6.45) is -6.37. The van der Waals surface area contributed by atoms with Gasteiger partial charge in [0, 0.05) is 6.42 Å². The van der Waals surface area contributed by atoms with Crippen LogP contribution in [0.1, 0.15) is 43.9 Å². The lowest BCUT2D eigenvalue weighted by Gasteiger charge is -2.25. The lowest BCUT2D eigenvalue weighted by Crippen LogP contribution is -2.47. The maximum Gasteiger partial charge on any atom is 0.306 e. The highest BCUT2D eigenvalue weighted by molar-refractivity contribution is 5.69. The number of benzene rings is 1. The smallest absolute Gasteiger partial charge is 0.306 e. The summed E-state index contributed by atoms with van der Waals surface area (Å²) in [6.45, 7) is 6.39. The number of aliphatic hydroxyl groups is 5. The van der Waals surface area contributed by atoms with Crippen LogP contribution >= 0.6 is 0 Å². The number of phenols is 1. The Morgan fingerprint density at radius 1 is 1.07 bits per heavy atom. The monoisotopic (exact) mass is 400 g/mol. The lowest BCUT2D eigenvalue weighted by molar-refractivity contribution is -0.156. The summed E-state index contributed by atoms with van der Waals surface area (Å²) in [6, 6.07) is 3.64. The Hall–Kier alpha value is -1.71. The van der Waals surface area contributed by atoms with Gasteiger partial charge in [-0.05, 0) is 35.4 Å². The number of ether oxygens (including phenoxy) is 1. The van der Waals surface area contributed by atoms with Crippen molar-refractivity contribution in [1.29, 1.82) is 0 Å². The summed E-state index contributed by atoms with van der Waals surface area (Å²) in [5.74, 6) is -0.369. The fourth-order valence-electron chi connectivity index (χ4n) is 2.73. The fourth-order valence-corrected chi connectivity index (χ4v) is 2.73. The van der Waals surface area contributed by atoms with Gasteiger partial charge in [-0.1, -0.05) is 32.9 Å². The molecule has 4 unspecified atom stereocenters. The predicted octanol–water partition coefficient (Wildman–Crippen LogP) is -0.0902. The second-order valence-electron chi connectivity index (χ2n) is 8.04. The molecule has 0 bridgehead atoms. The Bertz CT molecular complexity index is 652. The molecule has 0 radical (unpaired) electrons. The van der Waals surface area contributed by atoms with E-state index in [0.717, 1.165) is 11.1 Å². The predicted molar refractivity (Wildman–Crippen MR) is 102 cm³/mol. The van der Waals surface area contributed by atoms with E-state index in [1.165, 1.54) is 0 Å². The van der Waals surface area contributed by atoms with Crippen molar-refractivity contribution >= 4 is 5.97 Å². The normalized spacial score (nSPS) is 16.3. The van der Waals surface area contributed by atoms with Crippen LogP contribution in [0, 0.1) is 6.92 Å². The van der Waals surface area contributed by atoms with Crippen LogP contribution in [0.3, 0.4) is 0 Å². The fraction of sp³-hybridized carbons (Fsp3) is 0.650. The minimum Gasteiger partial charge on any atom is -0.507 e. The van der Waals surface area contributed by atoms with Gasteiger partial charge < -0.3 is 35.4 Å². The van der Waals surface area contributed by atoms with E-state index < -0.39 is 43.6 Å². The zero-order valence-electron chi connectivity index (χ0n) is 16.8. The van der Waals surface area contributed by atoms with E-state index in [9.17, 15) is 30.3 Å². The maximum atomic E-state index is 11.9. The molecule has 8 nitrogen and oxygen atoms in total. The number of esters is 1. The first-order chi connectivity index (χ1) is 12.9. The minimum absolute atomic E-state index is 0.0262. The molecular formula is C20H32O8. The molecule has 0 aliphatic rings. The first-order valence-corrected chi connectivity index (χ1v) is 9.20. The molecule has 0 aliphatic heterocycles. The van der Waals surface area contributed by atoms with Gasteiger partial charge in [0.25, 0.3) is 0 Å². The molecule has 1 aromatic carbocycles. The zero-order valence-corrected chi connectivity index (χ0v) is 16.8. The van der Waals surface area contributed by atoms with Crippen molar-refractivity contribution in [3.8, 4) is 5.75 Å². The SMILES string of the molecule is Cc1cc(CCC(=O)OCC(O)C(O)C(O)C(O)CO)cc(C(C)(C)C)c1O. The van der Waals surface area contributed by atoms with Gasteiger partial charge in [0.15, 0.2) is 0 Å². The third-order valence-corrected chi connectivity index (χ3v) is 4.53. The van der Waals surface area contributed by atoms with Crippen LogP contribution in [0.5, 0.6) is 5.75 Å². The van der Waals surface area contributed by atoms with Crippen LogP contribution < -0.4 is 0 Å². The Balaban J connectivity index is 2.61. The maximum absolute atomic E-state index is 11.9. The largest absolute Gasteiger partial charge is 0.507 e. The number of hydrogen-bond donors (Lipinski definition) is 6. The molecule has 160 valence electrons. The van der Waals surface area contributed by atoms with E-state index in [-0.39, 0.29) is 17.6 Å². The van der Waals surface area contributed by atoms with Crippen molar-refractivity contribution in [3.63, 3.8) is 0 Å². The Morgan fingerprint density at radius 3 is 2.18 bits per heavy atom. The third-order valence-electron chi connectivity index (χ3n) is 4.53. The van der Waals surface area contributed by atoms with E-state index in [1.807, 2.05) is 26.8 Å². The van der Waals surface area contributed by atoms with E-state index in [1.54, 1.807) is 13.0 Å². The number of aryl methyl sites for hydroxylation is 2. The minimum atomic E-state index is -1.77. The van der Waals surface area contributed by atoms with Crippen molar-refractivity contribution < 1.29 is 40.2 Å². The molecule has 1 rings (SSSR count). The van der Waals surface area contributed by atoms with Crippen LogP contribution in [0.15, 0.2) is 12.1 Å². The molecule has 0 saturated carbocycles. The number of carbonyl (C=O) groups is 1. The summed E-state index contributed by atoms with van der Waals surface area (Å²) < 4.78 is 4.91. The summed E-state index contributed by atoms with van der Waals surface area (Å²) in [5, 5.41) is 57.2. The highest BCUT2D eigenvalue weighted by Gasteiger charge is 2.30. The first kappa shape index (κ1) is 24.3. The van der Waals surface area contributed by atoms with Gasteiger partial charge in [0.1, 0.15) is 36.8 Å². The molecule has 0 aliphatic carbocycles. The van der Waals surface area contributed by atoms with Gasteiger partial charge in [0.05, 0.1) is 6.61 Å². The molecule has 6 N–H and O–H groups in total. The van der Waals surface area contributed by atoms with Gasteiger partial charge in [-0.15, -0.1) is 0 Å². The van der Waals surface area contributed by atoms with Gasteiger partial charge in [-0.25, -0.2) is 0 Å². The molecule has 4 atom stereocenters. The molecule has 8 heteroatoms. The molecule has 28 heavy (non-hydrogen) atoms. The number of aliphatic hydroxyl groups excluding tert-OH is 5. The lowest BCUT2D eigenvalue weighted by atomic mass is 9.83. The summed E-state index contributed by atoms with van der Waals surface area (Å²) in [4.78, 5) is 11.9. The van der Waals surface area contributed by atoms with E-state index >= 15 is 0 Å². The van der Waals surface area contributed by atoms with Gasteiger partial charge in [-0.3, -0.25) is 4.79 Å². The van der Waals surface area contributed by atoms with E-state index in [4.69, 9.17) is 9.84 Å². The average molecular weight is 400 g/mol. The summed E-state index contributed by atoms with van der Waals surface area (Å²) >= 11 is 0. The summed E-state index contributed by atoms with van der Waals surface area (Å²) in [5.41, 5.74) is 2.10. The third kappa shape index (κ3) is 6.72. The second-order valence-corrected chi connectivity index (χ2v) is 8.04. The van der Waals surface area contributed by atoms with Gasteiger partial charge in [0.2, 0.25) is 0 Å². The summed E-state index contributed by atoms with van der Waals surface area (Å²) in [7, 11) is 0. The topological polar surface area (TPSA) is 148 Å². The Labute approximate surface area is 165 Å². The molecule has 0 amide bonds. The molecule has 0 aromatic heterocycles. The van der Waals surface area contributed by atoms with Crippen molar-refractivity contribution in [1.82, 2.24) is 0 Å². The molecular weight excluding hydrogens is 368 g/mol. The van der Waals surface area contributed by atoms with Crippen molar-refractivity contribution in [2.45, 2.75) is 70.4 Å². The molecule has 0 fully saturated rings. The molecule has 0 heterocycles. The zero-order chi connectivity index (χ0) is 21.6. The molecule has 1 aromatic rings. The van der Waals surface area contributed by atoms with E-state index in [2.05, 4.69) is 0 Å². The van der Waals surface area contributed by atoms with Crippen LogP contribution in [0.4, 0.5) is 0 Å². The highest BCUT2D eigenvalue weighted by Crippen LogP contribution is 2.34. The van der Waals surface area contributed by atoms with Gasteiger partial charge >= 0.3 is 5.97 Å². The van der Waals surface area contributed by atoms with E-state index in [0.29, 0.717) is 12.0 Å².